The van der Waals surface area contributed by atoms with Crippen LogP contribution in [0.3, 0.4) is 0 Å². The van der Waals surface area contributed by atoms with Gasteiger partial charge in [0, 0.05) is 10.9 Å². The third-order valence-corrected chi connectivity index (χ3v) is 4.72. The van der Waals surface area contributed by atoms with E-state index in [2.05, 4.69) is 20.6 Å². The molecule has 8 heteroatoms. The second-order valence-corrected chi connectivity index (χ2v) is 6.73. The molecule has 1 aromatic carbocycles. The Bertz CT molecular complexity index is 1070. The van der Waals surface area contributed by atoms with E-state index in [0.29, 0.717) is 17.2 Å². The van der Waals surface area contributed by atoms with Gasteiger partial charge in [-0.3, -0.25) is 4.79 Å². The summed E-state index contributed by atoms with van der Waals surface area (Å²) in [6.07, 6.45) is 0. The highest BCUT2D eigenvalue weighted by atomic mass is 32.1. The minimum atomic E-state index is -0.232. The van der Waals surface area contributed by atoms with Gasteiger partial charge in [-0.15, -0.1) is 10.2 Å². The molecular formula is C19H17N5O2S. The van der Waals surface area contributed by atoms with Gasteiger partial charge in [0.1, 0.15) is 5.75 Å². The fourth-order valence-electron chi connectivity index (χ4n) is 2.60. The van der Waals surface area contributed by atoms with Crippen LogP contribution in [0.15, 0.2) is 53.2 Å². The summed E-state index contributed by atoms with van der Waals surface area (Å²) in [5, 5.41) is 19.6. The van der Waals surface area contributed by atoms with Crippen LogP contribution in [0.25, 0.3) is 16.9 Å². The van der Waals surface area contributed by atoms with Gasteiger partial charge in [0.15, 0.2) is 18.1 Å². The van der Waals surface area contributed by atoms with Gasteiger partial charge in [-0.25, -0.2) is 0 Å². The Balaban J connectivity index is 1.42. The quantitative estimate of drug-likeness (QED) is 0.557. The third kappa shape index (κ3) is 3.80. The fourth-order valence-corrected chi connectivity index (χ4v) is 3.25. The predicted octanol–water partition coefficient (Wildman–Crippen LogP) is 2.86. The summed E-state index contributed by atoms with van der Waals surface area (Å²) < 4.78 is 7.20. The lowest BCUT2D eigenvalue weighted by atomic mass is 10.2. The summed E-state index contributed by atoms with van der Waals surface area (Å²) in [5.74, 6) is 1.03. The van der Waals surface area contributed by atoms with Crippen molar-refractivity contribution in [3.63, 3.8) is 0 Å². The van der Waals surface area contributed by atoms with E-state index in [1.807, 2.05) is 60.1 Å². The average molecular weight is 379 g/mol. The number of rotatable bonds is 6. The normalized spacial score (nSPS) is 10.9. The van der Waals surface area contributed by atoms with Crippen LogP contribution in [-0.4, -0.2) is 32.3 Å². The molecule has 0 aliphatic rings. The maximum Gasteiger partial charge on any atom is 0.258 e. The zero-order valence-corrected chi connectivity index (χ0v) is 15.4. The summed E-state index contributed by atoms with van der Waals surface area (Å²) in [7, 11) is 0. The number of hydrogen-bond donors (Lipinski definition) is 1. The van der Waals surface area contributed by atoms with E-state index < -0.39 is 0 Å². The number of nitrogens with one attached hydrogen (secondary N) is 1. The van der Waals surface area contributed by atoms with Crippen LogP contribution in [0.5, 0.6) is 5.75 Å². The Morgan fingerprint density at radius 1 is 1.19 bits per heavy atom. The van der Waals surface area contributed by atoms with E-state index in [0.717, 1.165) is 16.8 Å². The van der Waals surface area contributed by atoms with Crippen LogP contribution in [0.4, 0.5) is 0 Å². The van der Waals surface area contributed by atoms with Crippen LogP contribution in [0, 0.1) is 6.92 Å². The topological polar surface area (TPSA) is 81.4 Å². The first kappa shape index (κ1) is 17.2. The Labute approximate surface area is 159 Å². The molecule has 0 atom stereocenters. The molecule has 0 unspecified atom stereocenters. The van der Waals surface area contributed by atoms with Crippen molar-refractivity contribution in [1.82, 2.24) is 25.1 Å². The van der Waals surface area contributed by atoms with Crippen LogP contribution in [-0.2, 0) is 11.3 Å². The van der Waals surface area contributed by atoms with E-state index in [1.165, 1.54) is 0 Å². The Morgan fingerprint density at radius 3 is 2.89 bits per heavy atom. The molecule has 0 fully saturated rings. The van der Waals surface area contributed by atoms with E-state index in [9.17, 15) is 4.79 Å². The number of carbonyl (C=O) groups excluding carboxylic acids is 1. The van der Waals surface area contributed by atoms with Gasteiger partial charge >= 0.3 is 0 Å². The van der Waals surface area contributed by atoms with E-state index in [4.69, 9.17) is 4.74 Å². The summed E-state index contributed by atoms with van der Waals surface area (Å²) in [6, 6.07) is 13.4. The second-order valence-electron chi connectivity index (χ2n) is 5.95. The summed E-state index contributed by atoms with van der Waals surface area (Å²) in [4.78, 5) is 12.1. The SMILES string of the molecule is Cc1ccccc1OCC(=O)NCc1nnc2ccc(-c3ccsc3)nn12. The standard InChI is InChI=1S/C19H17N5O2S/c1-13-4-2-3-5-16(13)26-11-19(25)20-10-18-22-21-17-7-6-15(23-24(17)18)14-8-9-27-12-14/h2-9,12H,10-11H2,1H3,(H,20,25). The van der Waals surface area contributed by atoms with Crippen LogP contribution < -0.4 is 10.1 Å². The average Bonchev–Trinajstić information content (AvgIpc) is 3.35. The Morgan fingerprint density at radius 2 is 2.07 bits per heavy atom. The molecule has 7 nitrogen and oxygen atoms in total. The minimum Gasteiger partial charge on any atom is -0.484 e. The van der Waals surface area contributed by atoms with E-state index in [-0.39, 0.29) is 19.1 Å². The molecule has 0 aliphatic carbocycles. The Hall–Kier alpha value is -3.26. The number of aryl methyl sites for hydroxylation is 1. The van der Waals surface area contributed by atoms with Crippen molar-refractivity contribution in [3.8, 4) is 17.0 Å². The molecule has 3 aromatic heterocycles. The number of ether oxygens (including phenoxy) is 1. The zero-order valence-electron chi connectivity index (χ0n) is 14.6. The van der Waals surface area contributed by atoms with Crippen LogP contribution >= 0.6 is 11.3 Å². The highest BCUT2D eigenvalue weighted by Gasteiger charge is 2.11. The van der Waals surface area contributed by atoms with Crippen molar-refractivity contribution in [2.45, 2.75) is 13.5 Å². The summed E-state index contributed by atoms with van der Waals surface area (Å²) in [5.41, 5.74) is 3.49. The number of para-hydroxylation sites is 1. The summed E-state index contributed by atoms with van der Waals surface area (Å²) in [6.45, 7) is 2.10. The molecule has 0 bridgehead atoms. The van der Waals surface area contributed by atoms with E-state index >= 15 is 0 Å². The van der Waals surface area contributed by atoms with Crippen molar-refractivity contribution >= 4 is 22.9 Å². The molecule has 4 aromatic rings. The molecule has 0 spiro atoms. The number of thiophene rings is 1. The van der Waals surface area contributed by atoms with Crippen molar-refractivity contribution in [2.75, 3.05) is 6.61 Å². The lowest BCUT2D eigenvalue weighted by Crippen LogP contribution is -2.29. The minimum absolute atomic E-state index is 0.0603. The molecule has 0 saturated heterocycles. The van der Waals surface area contributed by atoms with Gasteiger partial charge < -0.3 is 10.1 Å². The lowest BCUT2D eigenvalue weighted by Gasteiger charge is -2.09. The predicted molar refractivity (Wildman–Crippen MR) is 103 cm³/mol. The molecule has 0 radical (unpaired) electrons. The van der Waals surface area contributed by atoms with Crippen molar-refractivity contribution in [3.05, 3.63) is 64.6 Å². The lowest BCUT2D eigenvalue weighted by molar-refractivity contribution is -0.123. The monoisotopic (exact) mass is 379 g/mol. The summed E-state index contributed by atoms with van der Waals surface area (Å²) >= 11 is 1.61. The molecule has 27 heavy (non-hydrogen) atoms. The van der Waals surface area contributed by atoms with Crippen LogP contribution in [0.2, 0.25) is 0 Å². The maximum absolute atomic E-state index is 12.1. The third-order valence-electron chi connectivity index (χ3n) is 4.04. The molecule has 136 valence electrons. The largest absolute Gasteiger partial charge is 0.484 e. The first-order valence-corrected chi connectivity index (χ1v) is 9.34. The van der Waals surface area contributed by atoms with Gasteiger partial charge in [0.2, 0.25) is 0 Å². The highest BCUT2D eigenvalue weighted by molar-refractivity contribution is 7.08. The number of nitrogens with zero attached hydrogens (tertiary/aromatic N) is 4. The van der Waals surface area contributed by atoms with Gasteiger partial charge in [-0.1, -0.05) is 18.2 Å². The Kier molecular flexibility index (Phi) is 4.80. The molecule has 1 N–H and O–H groups in total. The van der Waals surface area contributed by atoms with Gasteiger partial charge in [-0.05, 0) is 42.1 Å². The number of carbonyl (C=O) groups is 1. The van der Waals surface area contributed by atoms with Crippen LogP contribution in [0.1, 0.15) is 11.4 Å². The molecule has 4 rings (SSSR count). The van der Waals surface area contributed by atoms with E-state index in [1.54, 1.807) is 15.9 Å². The van der Waals surface area contributed by atoms with Crippen molar-refractivity contribution in [1.29, 1.82) is 0 Å². The van der Waals surface area contributed by atoms with Gasteiger partial charge in [0.25, 0.3) is 5.91 Å². The fraction of sp³-hybridized carbons (Fsp3) is 0.158. The first-order chi connectivity index (χ1) is 13.2. The van der Waals surface area contributed by atoms with Gasteiger partial charge in [0.05, 0.1) is 12.2 Å². The zero-order chi connectivity index (χ0) is 18.6. The highest BCUT2D eigenvalue weighted by Crippen LogP contribution is 2.20. The smallest absolute Gasteiger partial charge is 0.258 e. The number of benzene rings is 1. The molecule has 0 saturated carbocycles. The van der Waals surface area contributed by atoms with Crippen molar-refractivity contribution < 1.29 is 9.53 Å². The molecule has 3 heterocycles. The number of amides is 1. The first-order valence-electron chi connectivity index (χ1n) is 8.40. The maximum atomic E-state index is 12.1. The molecule has 0 aliphatic heterocycles. The molecule has 1 amide bonds. The second kappa shape index (κ2) is 7.55. The number of aromatic nitrogens is 4. The van der Waals surface area contributed by atoms with Crippen molar-refractivity contribution in [2.24, 2.45) is 0 Å². The number of hydrogen-bond acceptors (Lipinski definition) is 6. The molecular weight excluding hydrogens is 362 g/mol. The number of fused-ring (bicyclic) bond motifs is 1. The van der Waals surface area contributed by atoms with Gasteiger partial charge in [-0.2, -0.15) is 21.0 Å².